The van der Waals surface area contributed by atoms with E-state index in [1.165, 1.54) is 19.2 Å². The van der Waals surface area contributed by atoms with Crippen LogP contribution >= 0.6 is 0 Å². The van der Waals surface area contributed by atoms with Crippen LogP contribution in [0.2, 0.25) is 0 Å². The molecule has 2 saturated heterocycles. The number of hydrogen-bond acceptors (Lipinski definition) is 5. The number of carbonyl (C=O) groups is 3. The second kappa shape index (κ2) is 9.00. The van der Waals surface area contributed by atoms with Crippen LogP contribution in [0.3, 0.4) is 0 Å². The van der Waals surface area contributed by atoms with E-state index in [9.17, 15) is 27.6 Å². The lowest BCUT2D eigenvalue weighted by Crippen LogP contribution is -2.46. The monoisotopic (exact) mass is 533 g/mol. The maximum Gasteiger partial charge on any atom is 0.416 e. The first-order valence-corrected chi connectivity index (χ1v) is 12.2. The molecule has 3 heterocycles. The number of methoxy groups -OCH3 is 1. The number of anilines is 2. The molecule has 0 bridgehead atoms. The van der Waals surface area contributed by atoms with Crippen molar-refractivity contribution in [2.75, 3.05) is 17.3 Å². The average Bonchev–Trinajstić information content (AvgIpc) is 3.41. The van der Waals surface area contributed by atoms with Crippen molar-refractivity contribution in [3.63, 3.8) is 0 Å². The summed E-state index contributed by atoms with van der Waals surface area (Å²) in [6.45, 7) is 0. The molecule has 10 heteroatoms. The van der Waals surface area contributed by atoms with Gasteiger partial charge in [0.2, 0.25) is 17.7 Å². The number of halogens is 3. The van der Waals surface area contributed by atoms with Crippen LogP contribution in [-0.2, 0) is 20.6 Å². The fourth-order valence-electron chi connectivity index (χ4n) is 5.83. The van der Waals surface area contributed by atoms with E-state index in [1.54, 1.807) is 41.4 Å². The van der Waals surface area contributed by atoms with E-state index in [0.717, 1.165) is 28.2 Å². The van der Waals surface area contributed by atoms with Crippen molar-refractivity contribution < 1.29 is 32.3 Å². The lowest BCUT2D eigenvalue weighted by molar-refractivity contribution is -0.137. The van der Waals surface area contributed by atoms with Gasteiger partial charge < -0.3 is 15.0 Å². The molecule has 6 rings (SSSR count). The second-order valence-electron chi connectivity index (χ2n) is 9.61. The van der Waals surface area contributed by atoms with Gasteiger partial charge in [-0.05, 0) is 59.7 Å². The van der Waals surface area contributed by atoms with Gasteiger partial charge in [0.1, 0.15) is 11.8 Å². The lowest BCUT2D eigenvalue weighted by atomic mass is 9.84. The van der Waals surface area contributed by atoms with Crippen LogP contribution in [0.5, 0.6) is 5.75 Å². The van der Waals surface area contributed by atoms with E-state index >= 15 is 0 Å². The summed E-state index contributed by atoms with van der Waals surface area (Å²) >= 11 is 0. The highest BCUT2D eigenvalue weighted by atomic mass is 19.4. The Bertz CT molecular complexity index is 1520. The summed E-state index contributed by atoms with van der Waals surface area (Å²) in [7, 11) is 1.50. The third-order valence-electron chi connectivity index (χ3n) is 7.52. The van der Waals surface area contributed by atoms with Crippen LogP contribution in [0.15, 0.2) is 79.0 Å². The van der Waals surface area contributed by atoms with Crippen molar-refractivity contribution in [2.24, 2.45) is 11.8 Å². The van der Waals surface area contributed by atoms with Crippen molar-refractivity contribution in [3.8, 4) is 5.75 Å². The normalized spacial score (nSPS) is 23.4. The largest absolute Gasteiger partial charge is 0.497 e. The number of amides is 3. The summed E-state index contributed by atoms with van der Waals surface area (Å²) < 4.78 is 45.0. The first-order chi connectivity index (χ1) is 18.7. The van der Waals surface area contributed by atoms with Crippen LogP contribution in [0.25, 0.3) is 6.08 Å². The molecule has 7 nitrogen and oxygen atoms in total. The Morgan fingerprint density at radius 1 is 0.923 bits per heavy atom. The number of carbonyl (C=O) groups excluding carboxylic acids is 3. The van der Waals surface area contributed by atoms with Crippen molar-refractivity contribution in [1.82, 2.24) is 4.90 Å². The van der Waals surface area contributed by atoms with Crippen LogP contribution in [0.1, 0.15) is 22.7 Å². The summed E-state index contributed by atoms with van der Waals surface area (Å²) in [5.74, 6) is -3.03. The van der Waals surface area contributed by atoms with E-state index in [-0.39, 0.29) is 5.69 Å². The minimum atomic E-state index is -4.59. The molecule has 0 unspecified atom stereocenters. The van der Waals surface area contributed by atoms with Crippen molar-refractivity contribution >= 4 is 35.2 Å². The molecule has 3 aliphatic rings. The van der Waals surface area contributed by atoms with E-state index in [0.29, 0.717) is 11.4 Å². The van der Waals surface area contributed by atoms with Gasteiger partial charge >= 0.3 is 6.18 Å². The molecule has 0 spiro atoms. The van der Waals surface area contributed by atoms with Gasteiger partial charge in [-0.2, -0.15) is 13.2 Å². The van der Waals surface area contributed by atoms with Crippen LogP contribution in [0.4, 0.5) is 24.5 Å². The van der Waals surface area contributed by atoms with Gasteiger partial charge in [-0.15, -0.1) is 0 Å². The molecule has 39 heavy (non-hydrogen) atoms. The predicted octanol–water partition coefficient (Wildman–Crippen LogP) is 4.87. The summed E-state index contributed by atoms with van der Waals surface area (Å²) in [4.78, 5) is 44.2. The number of ether oxygens (including phenoxy) is 1. The first-order valence-electron chi connectivity index (χ1n) is 12.2. The zero-order valence-corrected chi connectivity index (χ0v) is 20.6. The lowest BCUT2D eigenvalue weighted by Gasteiger charge is -2.35. The molecule has 0 aliphatic carbocycles. The van der Waals surface area contributed by atoms with Gasteiger partial charge in [-0.1, -0.05) is 30.3 Å². The molecule has 3 aliphatic heterocycles. The van der Waals surface area contributed by atoms with Gasteiger partial charge in [0.15, 0.2) is 0 Å². The topological polar surface area (TPSA) is 79.0 Å². The van der Waals surface area contributed by atoms with Crippen LogP contribution < -0.4 is 15.0 Å². The number of nitrogens with zero attached hydrogens (tertiary/aromatic N) is 2. The number of imide groups is 1. The quantitative estimate of drug-likeness (QED) is 0.485. The maximum atomic E-state index is 13.9. The Balaban J connectivity index is 1.40. The van der Waals surface area contributed by atoms with E-state index in [4.69, 9.17) is 4.74 Å². The smallest absolute Gasteiger partial charge is 0.416 e. The molecule has 2 fully saturated rings. The number of rotatable bonds is 4. The minimum Gasteiger partial charge on any atom is -0.497 e. The molecule has 198 valence electrons. The van der Waals surface area contributed by atoms with Crippen molar-refractivity contribution in [2.45, 2.75) is 18.3 Å². The zero-order valence-electron chi connectivity index (χ0n) is 20.6. The van der Waals surface area contributed by atoms with Crippen molar-refractivity contribution in [3.05, 3.63) is 95.7 Å². The molecule has 0 radical (unpaired) electrons. The van der Waals surface area contributed by atoms with Gasteiger partial charge in [0.25, 0.3) is 0 Å². The molecule has 3 amide bonds. The summed E-state index contributed by atoms with van der Waals surface area (Å²) in [5.41, 5.74) is 1.04. The Morgan fingerprint density at radius 3 is 2.36 bits per heavy atom. The first kappa shape index (κ1) is 24.7. The predicted molar refractivity (Wildman–Crippen MR) is 136 cm³/mol. The number of benzene rings is 3. The molecule has 0 aromatic heterocycles. The molecule has 3 aromatic carbocycles. The summed E-state index contributed by atoms with van der Waals surface area (Å²) in [6, 6.07) is 16.5. The SMILES string of the molecule is COc1ccc(N2C(=O)[C@@H]3[C@H](C2=O)[C@H]2c4ccccc4C=CN2[C@H]3C(=O)Nc2cccc(C(F)(F)F)c2)cc1. The maximum absolute atomic E-state index is 13.9. The van der Waals surface area contributed by atoms with Crippen LogP contribution in [-0.4, -0.2) is 35.8 Å². The zero-order chi connectivity index (χ0) is 27.5. The number of fused-ring (bicyclic) bond motifs is 5. The van der Waals surface area contributed by atoms with Gasteiger partial charge in [-0.3, -0.25) is 14.4 Å². The van der Waals surface area contributed by atoms with Gasteiger partial charge in [0, 0.05) is 11.9 Å². The second-order valence-corrected chi connectivity index (χ2v) is 9.61. The van der Waals surface area contributed by atoms with E-state index in [1.807, 2.05) is 24.3 Å². The third kappa shape index (κ3) is 3.94. The Hall–Kier alpha value is -4.60. The molecule has 1 N–H and O–H groups in total. The highest BCUT2D eigenvalue weighted by molar-refractivity contribution is 6.24. The highest BCUT2D eigenvalue weighted by Crippen LogP contribution is 2.53. The molecular weight excluding hydrogens is 511 g/mol. The molecule has 3 aromatic rings. The van der Waals surface area contributed by atoms with E-state index in [2.05, 4.69) is 5.32 Å². The highest BCUT2D eigenvalue weighted by Gasteiger charge is 2.64. The Morgan fingerprint density at radius 2 is 1.64 bits per heavy atom. The molecule has 4 atom stereocenters. The van der Waals surface area contributed by atoms with Crippen LogP contribution in [0, 0.1) is 11.8 Å². The minimum absolute atomic E-state index is 0.0556. The number of alkyl halides is 3. The van der Waals surface area contributed by atoms with Crippen molar-refractivity contribution in [1.29, 1.82) is 0 Å². The summed E-state index contributed by atoms with van der Waals surface area (Å²) in [5, 5.41) is 2.56. The third-order valence-corrected chi connectivity index (χ3v) is 7.52. The van der Waals surface area contributed by atoms with E-state index < -0.39 is 53.4 Å². The average molecular weight is 534 g/mol. The summed E-state index contributed by atoms with van der Waals surface area (Å²) in [6.07, 6.45) is -1.11. The fourth-order valence-corrected chi connectivity index (χ4v) is 5.83. The Kier molecular flexibility index (Phi) is 5.71. The fraction of sp³-hybridized carbons (Fsp3) is 0.207. The Labute approximate surface area is 221 Å². The standard InChI is InChI=1S/C29H22F3N3O4/c1-39-20-11-9-19(10-12-20)35-27(37)22-23(28(35)38)25(34-14-13-16-5-2-3-8-21(16)24(22)34)26(36)33-18-7-4-6-17(15-18)29(30,31)32/h2-15,22-25H,1H3,(H,33,36)/t22-,23+,24+,25+/m0/s1. The molecule has 0 saturated carbocycles. The van der Waals surface area contributed by atoms with Gasteiger partial charge in [-0.25, -0.2) is 4.90 Å². The number of hydrogen-bond donors (Lipinski definition) is 1. The number of nitrogens with one attached hydrogen (secondary N) is 1. The van der Waals surface area contributed by atoms with Gasteiger partial charge in [0.05, 0.1) is 36.2 Å². The molecular formula is C29H22F3N3O4.